The Morgan fingerprint density at radius 2 is 0.873 bits per heavy atom. The first-order valence-corrected chi connectivity index (χ1v) is 40.8. The number of aliphatic hydroxyl groups is 3. The summed E-state index contributed by atoms with van der Waals surface area (Å²) >= 11 is 3.43. The number of Topliss-reactive ketones (excluding diaryl/α,β-unsaturated/α-hetero) is 3. The third kappa shape index (κ3) is 16.3. The molecule has 110 heavy (non-hydrogen) atoms. The average Bonchev–Trinajstić information content (AvgIpc) is 1.42. The molecular formula is C88H138BrF6N9O6. The van der Waals surface area contributed by atoms with Crippen LogP contribution in [0.15, 0.2) is 48.1 Å². The molecule has 0 spiro atoms. The van der Waals surface area contributed by atoms with Gasteiger partial charge < -0.3 is 38.7 Å². The van der Waals surface area contributed by atoms with E-state index in [2.05, 4.69) is 73.0 Å². The number of nitrogens with two attached hydrogens (primary N) is 1. The average molecular weight is 1610 g/mol. The number of hydrogen-bond acceptors (Lipinski definition) is 14. The molecule has 0 aliphatic heterocycles. The highest BCUT2D eigenvalue weighted by molar-refractivity contribution is 9.09. The molecule has 0 radical (unpaired) electrons. The SMILES string of the molecule is C.C.C.C.C[C@@]1(O)CC[C@@]2(C)[C@@H](CC[C@@H]3[C@@H]2CC[C@]2(C)[C@@H](C(=O)CBr)CC[C@@H]32)C1.C[C@@]1(O)CC[C@@]2(C)[C@@H](CC[C@@H]3[C@@H]2CC[C@]2(C)[C@@H](C(=O)CNc4ccc(F)c(F)c4N)CC[C@@H]32)C1.C[C@@]1(O)CC[C@@]2(C)[C@@H](CC[C@@H]3[C@@H]2CC[C@]2(C)[C@@H](C(=O)Cn4nc5ccc(F)c(F)c5n4)CC[C@@H]32)C1.N.N.N=C1C=CC(F)=C(F)C1=N. The number of fused-ring (bicyclic) bond motifs is 16. The summed E-state index contributed by atoms with van der Waals surface area (Å²) in [5.41, 5.74) is 4.62. The van der Waals surface area contributed by atoms with Gasteiger partial charge in [-0.25, -0.2) is 26.3 Å². The lowest BCUT2D eigenvalue weighted by Crippen LogP contribution is -2.55. The standard InChI is InChI=1S/C28H37F2N3O2.C28H40F2N2O2.C22H35BrO2.C6H4F2N2.4CH4.2H3N/c1-26(35)12-13-27(2)16(14-26)4-5-17-18-6-7-20(28(18,3)11-10-19(17)27)23(34)15-33-31-22-9-8-21(29)24(30)25(22)32-33;1-26(34)12-13-27(2)16(14-26)4-5-17-18-6-7-20(28(18,3)11-10-19(17)27)23(33)15-32-22-9-8-21(29)24(30)25(22)31;1-20(25)10-11-21(2)14(12-20)4-5-15-16-6-7-18(19(24)13-23)22(16,3)9-8-17(15)21;7-3-1-2-4(9)6(10)5(3)8;;;;;;/h8-9,16-20,35H,4-7,10-15H2,1-3H3;8-9,16-20,32,34H,4-7,10-15,31H2,1-3H3;14-18,25H,4-13H2,1-3H3;1-2,9-10H;4*1H4;2*1H3/t2*16-,17-,18-,19-,20+,26+,27-,28-;14-,15-,16-,17-,18+,20+,21-,22-;;;;;;;/m000......./s1. The molecule has 24 atom stereocenters. The molecule has 16 rings (SSSR count). The molecule has 620 valence electrons. The molecule has 15 nitrogen and oxygen atoms in total. The summed E-state index contributed by atoms with van der Waals surface area (Å²) in [5, 5.41) is 57.5. The lowest BCUT2D eigenvalue weighted by atomic mass is 9.44. The number of nitrogens with one attached hydrogen (secondary N) is 3. The normalized spacial score (nSPS) is 41.4. The Morgan fingerprint density at radius 1 is 0.491 bits per heavy atom. The Hall–Kier alpha value is -4.87. The fourth-order valence-electron chi connectivity index (χ4n) is 26.8. The van der Waals surface area contributed by atoms with E-state index in [4.69, 9.17) is 16.6 Å². The first kappa shape index (κ1) is 92.3. The Labute approximate surface area is 662 Å². The summed E-state index contributed by atoms with van der Waals surface area (Å²) in [4.78, 5) is 40.7. The number of nitrogen functional groups attached to an aromatic ring is 1. The number of carbonyl (C=O) groups is 3. The topological polar surface area (TPSA) is 298 Å². The largest absolute Gasteiger partial charge is 0.395 e. The number of ketones is 3. The monoisotopic (exact) mass is 1610 g/mol. The number of anilines is 2. The maximum absolute atomic E-state index is 14.1. The van der Waals surface area contributed by atoms with Crippen molar-refractivity contribution >= 4 is 67.1 Å². The fraction of sp³-hybridized carbons (Fsp3) is 0.761. The van der Waals surface area contributed by atoms with Gasteiger partial charge in [-0.1, -0.05) is 87.2 Å². The lowest BCUT2D eigenvalue weighted by molar-refractivity contribution is -0.151. The van der Waals surface area contributed by atoms with Crippen LogP contribution in [0.1, 0.15) is 265 Å². The molecule has 0 unspecified atom stereocenters. The summed E-state index contributed by atoms with van der Waals surface area (Å²) in [6.07, 6.45) is 31.6. The van der Waals surface area contributed by atoms with Gasteiger partial charge in [-0.3, -0.25) is 25.2 Å². The van der Waals surface area contributed by atoms with E-state index in [0.29, 0.717) is 80.6 Å². The predicted molar refractivity (Wildman–Crippen MR) is 434 cm³/mol. The van der Waals surface area contributed by atoms with Crippen molar-refractivity contribution in [2.24, 2.45) is 121 Å². The summed E-state index contributed by atoms with van der Waals surface area (Å²) < 4.78 is 79.3. The molecule has 13 aliphatic carbocycles. The maximum atomic E-state index is 14.1. The molecular weight excluding hydrogens is 1470 g/mol. The molecule has 0 bridgehead atoms. The number of carbonyl (C=O) groups excluding carboxylic acids is 3. The second-order valence-corrected chi connectivity index (χ2v) is 38.6. The highest BCUT2D eigenvalue weighted by Crippen LogP contribution is 2.72. The van der Waals surface area contributed by atoms with Crippen LogP contribution in [0.5, 0.6) is 0 Å². The molecule has 12 fully saturated rings. The van der Waals surface area contributed by atoms with E-state index in [1.807, 2.05) is 20.8 Å². The molecule has 0 amide bonds. The van der Waals surface area contributed by atoms with Crippen molar-refractivity contribution in [3.05, 3.63) is 71.3 Å². The van der Waals surface area contributed by atoms with Gasteiger partial charge in [-0.15, -0.1) is 5.10 Å². The smallest absolute Gasteiger partial charge is 0.188 e. The van der Waals surface area contributed by atoms with Crippen molar-refractivity contribution < 1.29 is 56.0 Å². The Balaban J connectivity index is 0.000000212. The number of benzene rings is 2. The minimum Gasteiger partial charge on any atom is -0.395 e. The van der Waals surface area contributed by atoms with Gasteiger partial charge in [0.1, 0.15) is 23.6 Å². The zero-order valence-electron chi connectivity index (χ0n) is 64.4. The molecule has 0 saturated heterocycles. The van der Waals surface area contributed by atoms with Crippen molar-refractivity contribution in [1.29, 1.82) is 10.8 Å². The first-order valence-electron chi connectivity index (χ1n) is 39.7. The number of halogens is 7. The van der Waals surface area contributed by atoms with Crippen LogP contribution in [0.4, 0.5) is 37.7 Å². The first-order chi connectivity index (χ1) is 48.8. The molecule has 1 aromatic heterocycles. The van der Waals surface area contributed by atoms with E-state index in [-0.39, 0.29) is 129 Å². The van der Waals surface area contributed by atoms with Crippen LogP contribution in [0.3, 0.4) is 0 Å². The van der Waals surface area contributed by atoms with Crippen LogP contribution < -0.4 is 23.4 Å². The second kappa shape index (κ2) is 33.8. The van der Waals surface area contributed by atoms with E-state index in [1.54, 1.807) is 0 Å². The minimum absolute atomic E-state index is 0. The molecule has 3 aromatic rings. The van der Waals surface area contributed by atoms with Gasteiger partial charge >= 0.3 is 0 Å². The molecule has 12 saturated carbocycles. The maximum Gasteiger partial charge on any atom is 0.188 e. The number of alkyl halides is 1. The van der Waals surface area contributed by atoms with Gasteiger partial charge in [0.25, 0.3) is 0 Å². The molecule has 1 heterocycles. The number of rotatable bonds is 9. The third-order valence-corrected chi connectivity index (χ3v) is 33.2. The third-order valence-electron chi connectivity index (χ3n) is 32.6. The highest BCUT2D eigenvalue weighted by atomic mass is 79.9. The van der Waals surface area contributed by atoms with Crippen molar-refractivity contribution in [2.75, 3.05) is 22.9 Å². The summed E-state index contributed by atoms with van der Waals surface area (Å²) in [5.74, 6) is 2.67. The predicted octanol–water partition coefficient (Wildman–Crippen LogP) is 21.6. The fourth-order valence-corrected chi connectivity index (χ4v) is 27.2. The van der Waals surface area contributed by atoms with Crippen LogP contribution in [-0.2, 0) is 20.9 Å². The number of aromatic nitrogens is 3. The van der Waals surface area contributed by atoms with E-state index in [9.17, 15) is 56.0 Å². The second-order valence-electron chi connectivity index (χ2n) is 38.0. The zero-order valence-corrected chi connectivity index (χ0v) is 66.0. The van der Waals surface area contributed by atoms with Gasteiger partial charge in [0.2, 0.25) is 0 Å². The van der Waals surface area contributed by atoms with Gasteiger partial charge in [0, 0.05) is 17.8 Å². The molecule has 14 N–H and O–H groups in total. The van der Waals surface area contributed by atoms with Crippen LogP contribution in [0, 0.1) is 155 Å². The van der Waals surface area contributed by atoms with Crippen molar-refractivity contribution in [3.63, 3.8) is 0 Å². The van der Waals surface area contributed by atoms with Crippen LogP contribution >= 0.6 is 15.9 Å². The van der Waals surface area contributed by atoms with E-state index in [0.717, 1.165) is 145 Å². The van der Waals surface area contributed by atoms with Crippen molar-refractivity contribution in [1.82, 2.24) is 27.3 Å². The number of hydrogen-bond donors (Lipinski definition) is 9. The van der Waals surface area contributed by atoms with Crippen LogP contribution in [0.2, 0.25) is 0 Å². The van der Waals surface area contributed by atoms with Crippen molar-refractivity contribution in [2.45, 2.75) is 289 Å². The molecule has 22 heteroatoms. The van der Waals surface area contributed by atoms with Gasteiger partial charge in [-0.2, -0.15) is 9.90 Å². The minimum atomic E-state index is -1.26. The Morgan fingerprint density at radius 3 is 1.28 bits per heavy atom. The van der Waals surface area contributed by atoms with Crippen LogP contribution in [0.25, 0.3) is 11.0 Å². The van der Waals surface area contributed by atoms with E-state index in [1.165, 1.54) is 87.6 Å². The number of nitrogens with zero attached hydrogens (tertiary/aromatic N) is 3. The Bertz CT molecular complexity index is 3920. The summed E-state index contributed by atoms with van der Waals surface area (Å²) in [7, 11) is 0. The number of allylic oxidation sites excluding steroid dienone is 4. The molecule has 2 aromatic carbocycles. The summed E-state index contributed by atoms with van der Waals surface area (Å²) in [6, 6.07) is 4.87. The lowest BCUT2D eigenvalue weighted by Gasteiger charge is -2.61. The molecule has 13 aliphatic rings. The quantitative estimate of drug-likeness (QED) is 0.0418. The zero-order chi connectivity index (χ0) is 75.0. The van der Waals surface area contributed by atoms with E-state index < -0.39 is 57.4 Å². The van der Waals surface area contributed by atoms with E-state index >= 15 is 0 Å². The van der Waals surface area contributed by atoms with Gasteiger partial charge in [-0.05, 0) is 334 Å². The van der Waals surface area contributed by atoms with Crippen LogP contribution in [-0.4, -0.2) is 87.8 Å². The Kier molecular flexibility index (Phi) is 28.3. The highest BCUT2D eigenvalue weighted by Gasteiger charge is 2.66. The van der Waals surface area contributed by atoms with Crippen molar-refractivity contribution in [3.8, 4) is 0 Å². The van der Waals surface area contributed by atoms with Gasteiger partial charge in [0.05, 0.1) is 45.8 Å². The van der Waals surface area contributed by atoms with Gasteiger partial charge in [0.15, 0.2) is 52.0 Å². The summed E-state index contributed by atoms with van der Waals surface area (Å²) in [6.45, 7) is 20.8.